The van der Waals surface area contributed by atoms with Crippen molar-refractivity contribution in [3.05, 3.63) is 23.4 Å². The molecule has 0 radical (unpaired) electrons. The number of piperidine rings is 1. The number of ether oxygens (including phenoxy) is 1. The van der Waals surface area contributed by atoms with Gasteiger partial charge in [-0.1, -0.05) is 13.3 Å². The quantitative estimate of drug-likeness (QED) is 0.904. The van der Waals surface area contributed by atoms with Crippen molar-refractivity contribution in [3.8, 4) is 0 Å². The maximum Gasteiger partial charge on any atom is 0.335 e. The molecule has 0 aromatic carbocycles. The van der Waals surface area contributed by atoms with Crippen molar-refractivity contribution in [1.82, 2.24) is 4.98 Å². The maximum atomic E-state index is 11.3. The number of hydrogen-bond donors (Lipinski definition) is 1. The van der Waals surface area contributed by atoms with Crippen LogP contribution in [0.1, 0.15) is 49.2 Å². The molecule has 1 saturated heterocycles. The number of carbonyl (C=O) groups is 1. The maximum absolute atomic E-state index is 11.3. The fourth-order valence-electron chi connectivity index (χ4n) is 2.81. The Morgan fingerprint density at radius 1 is 1.52 bits per heavy atom. The van der Waals surface area contributed by atoms with Crippen molar-refractivity contribution >= 4 is 11.8 Å². The lowest BCUT2D eigenvalue weighted by atomic mass is 9.94. The number of carboxylic acids is 1. The number of aromatic nitrogens is 1. The number of pyridine rings is 1. The minimum absolute atomic E-state index is 0.190. The Morgan fingerprint density at radius 2 is 2.29 bits per heavy atom. The predicted octanol–water partition coefficient (Wildman–Crippen LogP) is 2.74. The van der Waals surface area contributed by atoms with Crippen LogP contribution >= 0.6 is 0 Å². The third kappa shape index (κ3) is 3.73. The summed E-state index contributed by atoms with van der Waals surface area (Å²) < 4.78 is 5.60. The van der Waals surface area contributed by atoms with Crippen LogP contribution in [0.3, 0.4) is 0 Å². The largest absolute Gasteiger partial charge is 0.478 e. The zero-order valence-electron chi connectivity index (χ0n) is 13.1. The molecule has 116 valence electrons. The number of nitrogens with zero attached hydrogens (tertiary/aromatic N) is 2. The van der Waals surface area contributed by atoms with Gasteiger partial charge in [-0.25, -0.2) is 9.78 Å². The standard InChI is InChI=1S/C16H24N2O3/c1-4-6-13-9-12(15(19)20)10-14(17-13)18-8-5-7-16(2,11-18)21-3/h9-10H,4-8,11H2,1-3H3,(H,19,20). The van der Waals surface area contributed by atoms with Gasteiger partial charge in [0.25, 0.3) is 0 Å². The van der Waals surface area contributed by atoms with Gasteiger partial charge in [0.2, 0.25) is 0 Å². The lowest BCUT2D eigenvalue weighted by Crippen LogP contribution is -2.47. The van der Waals surface area contributed by atoms with E-state index in [-0.39, 0.29) is 5.60 Å². The minimum Gasteiger partial charge on any atom is -0.478 e. The van der Waals surface area contributed by atoms with E-state index in [4.69, 9.17) is 4.74 Å². The summed E-state index contributed by atoms with van der Waals surface area (Å²) in [5.41, 5.74) is 0.967. The summed E-state index contributed by atoms with van der Waals surface area (Å²) in [6, 6.07) is 3.34. The van der Waals surface area contributed by atoms with E-state index in [0.29, 0.717) is 5.56 Å². The van der Waals surface area contributed by atoms with Gasteiger partial charge in [0.1, 0.15) is 5.82 Å². The molecular weight excluding hydrogens is 268 g/mol. The lowest BCUT2D eigenvalue weighted by molar-refractivity contribution is -0.00482. The Bertz CT molecular complexity index is 518. The van der Waals surface area contributed by atoms with E-state index in [1.807, 2.05) is 0 Å². The van der Waals surface area contributed by atoms with Crippen LogP contribution < -0.4 is 4.90 Å². The van der Waals surface area contributed by atoms with Gasteiger partial charge in [-0.3, -0.25) is 0 Å². The number of carboxylic acid groups (broad SMARTS) is 1. The third-order valence-electron chi connectivity index (χ3n) is 4.09. The normalized spacial score (nSPS) is 22.3. The van der Waals surface area contributed by atoms with Crippen LogP contribution in [0.15, 0.2) is 12.1 Å². The Labute approximate surface area is 125 Å². The SMILES string of the molecule is CCCc1cc(C(=O)O)cc(N2CCCC(C)(OC)C2)n1. The van der Waals surface area contributed by atoms with Crippen molar-refractivity contribution in [3.63, 3.8) is 0 Å². The second kappa shape index (κ2) is 6.43. The molecule has 5 heteroatoms. The second-order valence-electron chi connectivity index (χ2n) is 5.94. The van der Waals surface area contributed by atoms with E-state index in [0.717, 1.165) is 50.3 Å². The molecule has 1 atom stereocenters. The summed E-state index contributed by atoms with van der Waals surface area (Å²) in [4.78, 5) is 18.1. The Balaban J connectivity index is 2.31. The van der Waals surface area contributed by atoms with Crippen LogP contribution in [-0.2, 0) is 11.2 Å². The van der Waals surface area contributed by atoms with Crippen LogP contribution in [0.5, 0.6) is 0 Å². The fourth-order valence-corrected chi connectivity index (χ4v) is 2.81. The van der Waals surface area contributed by atoms with Crippen molar-refractivity contribution in [2.75, 3.05) is 25.1 Å². The average Bonchev–Trinajstić information content (AvgIpc) is 2.47. The summed E-state index contributed by atoms with van der Waals surface area (Å²) in [6.45, 7) is 5.79. The Hall–Kier alpha value is -1.62. The summed E-state index contributed by atoms with van der Waals surface area (Å²) in [5, 5.41) is 9.28. The van der Waals surface area contributed by atoms with Crippen molar-refractivity contribution < 1.29 is 14.6 Å². The van der Waals surface area contributed by atoms with Crippen LogP contribution in [0.4, 0.5) is 5.82 Å². The molecule has 0 spiro atoms. The van der Waals surface area contributed by atoms with Crippen molar-refractivity contribution in [2.45, 2.75) is 45.1 Å². The van der Waals surface area contributed by atoms with Gasteiger partial charge in [0.15, 0.2) is 0 Å². The summed E-state index contributed by atoms with van der Waals surface area (Å²) in [5.74, 6) is -0.149. The molecule has 0 bridgehead atoms. The van der Waals surface area contributed by atoms with Gasteiger partial charge in [-0.2, -0.15) is 0 Å². The molecule has 21 heavy (non-hydrogen) atoms. The number of hydrogen-bond acceptors (Lipinski definition) is 4. The fraction of sp³-hybridized carbons (Fsp3) is 0.625. The predicted molar refractivity (Wildman–Crippen MR) is 82.1 cm³/mol. The van der Waals surface area contributed by atoms with E-state index >= 15 is 0 Å². The lowest BCUT2D eigenvalue weighted by Gasteiger charge is -2.40. The summed E-state index contributed by atoms with van der Waals surface area (Å²) in [7, 11) is 1.73. The van der Waals surface area contributed by atoms with Gasteiger partial charge in [0, 0.05) is 25.9 Å². The molecule has 0 saturated carbocycles. The zero-order valence-corrected chi connectivity index (χ0v) is 13.1. The first kappa shape index (κ1) is 15.8. The topological polar surface area (TPSA) is 62.7 Å². The molecule has 5 nitrogen and oxygen atoms in total. The summed E-state index contributed by atoms with van der Waals surface area (Å²) >= 11 is 0. The highest BCUT2D eigenvalue weighted by Gasteiger charge is 2.31. The Morgan fingerprint density at radius 3 is 2.90 bits per heavy atom. The molecule has 1 aliphatic heterocycles. The second-order valence-corrected chi connectivity index (χ2v) is 5.94. The van der Waals surface area contributed by atoms with Crippen molar-refractivity contribution in [2.24, 2.45) is 0 Å². The van der Waals surface area contributed by atoms with Crippen molar-refractivity contribution in [1.29, 1.82) is 0 Å². The number of anilines is 1. The van der Waals surface area contributed by atoms with Gasteiger partial charge in [0.05, 0.1) is 11.2 Å². The zero-order chi connectivity index (χ0) is 15.5. The molecule has 1 aliphatic rings. The highest BCUT2D eigenvalue weighted by Crippen LogP contribution is 2.28. The first-order chi connectivity index (χ1) is 9.97. The first-order valence-electron chi connectivity index (χ1n) is 7.52. The van der Waals surface area contributed by atoms with E-state index in [1.165, 1.54) is 0 Å². The first-order valence-corrected chi connectivity index (χ1v) is 7.52. The van der Waals surface area contributed by atoms with E-state index in [1.54, 1.807) is 19.2 Å². The average molecular weight is 292 g/mol. The molecule has 2 rings (SSSR count). The van der Waals surface area contributed by atoms with E-state index in [9.17, 15) is 9.90 Å². The third-order valence-corrected chi connectivity index (χ3v) is 4.09. The number of rotatable bonds is 5. The van der Waals surface area contributed by atoms with Crippen LogP contribution in [0.2, 0.25) is 0 Å². The van der Waals surface area contributed by atoms with E-state index < -0.39 is 5.97 Å². The van der Waals surface area contributed by atoms with Crippen LogP contribution in [0, 0.1) is 0 Å². The molecular formula is C16H24N2O3. The highest BCUT2D eigenvalue weighted by atomic mass is 16.5. The number of aryl methyl sites for hydroxylation is 1. The van der Waals surface area contributed by atoms with Crippen LogP contribution in [0.25, 0.3) is 0 Å². The molecule has 1 fully saturated rings. The molecule has 1 aromatic rings. The van der Waals surface area contributed by atoms with E-state index in [2.05, 4.69) is 23.7 Å². The summed E-state index contributed by atoms with van der Waals surface area (Å²) in [6.07, 6.45) is 3.78. The van der Waals surface area contributed by atoms with Gasteiger partial charge in [-0.05, 0) is 38.3 Å². The van der Waals surface area contributed by atoms with Crippen LogP contribution in [-0.4, -0.2) is 41.9 Å². The molecule has 2 heterocycles. The molecule has 1 N–H and O–H groups in total. The Kier molecular flexibility index (Phi) is 4.83. The minimum atomic E-state index is -0.900. The van der Waals surface area contributed by atoms with Gasteiger partial charge < -0.3 is 14.7 Å². The monoisotopic (exact) mass is 292 g/mol. The number of aromatic carboxylic acids is 1. The molecule has 1 aromatic heterocycles. The molecule has 0 aliphatic carbocycles. The molecule has 1 unspecified atom stereocenters. The van der Waals surface area contributed by atoms with Gasteiger partial charge >= 0.3 is 5.97 Å². The van der Waals surface area contributed by atoms with Gasteiger partial charge in [-0.15, -0.1) is 0 Å². The molecule has 0 amide bonds. The highest BCUT2D eigenvalue weighted by molar-refractivity contribution is 5.88. The smallest absolute Gasteiger partial charge is 0.335 e. The number of methoxy groups -OCH3 is 1.